The fraction of sp³-hybridized carbons (Fsp3) is 0.0625. The molecule has 0 bridgehead atoms. The van der Waals surface area contributed by atoms with Crippen molar-refractivity contribution in [1.82, 2.24) is 0 Å². The van der Waals surface area contributed by atoms with E-state index in [0.717, 1.165) is 16.9 Å². The Morgan fingerprint density at radius 2 is 1.42 bits per heavy atom. The number of amides is 1. The van der Waals surface area contributed by atoms with Crippen LogP contribution in [0.5, 0.6) is 5.75 Å². The van der Waals surface area contributed by atoms with Gasteiger partial charge in [-0.1, -0.05) is 36.4 Å². The lowest BCUT2D eigenvalue weighted by atomic mass is 10.1. The van der Waals surface area contributed by atoms with Gasteiger partial charge in [-0.25, -0.2) is 0 Å². The summed E-state index contributed by atoms with van der Waals surface area (Å²) < 4.78 is 5.10. The van der Waals surface area contributed by atoms with Crippen LogP contribution in [0.25, 0.3) is 12.2 Å². The summed E-state index contributed by atoms with van der Waals surface area (Å²) in [6.07, 6.45) is 3.98. The van der Waals surface area contributed by atoms with Gasteiger partial charge >= 0.3 is 0 Å². The molecule has 3 nitrogen and oxygen atoms in total. The minimum absolute atomic E-state index is 0.411. The van der Waals surface area contributed by atoms with Crippen LogP contribution < -0.4 is 10.5 Å². The van der Waals surface area contributed by atoms with Crippen molar-refractivity contribution in [2.75, 3.05) is 7.11 Å². The maximum absolute atomic E-state index is 10.9. The van der Waals surface area contributed by atoms with Crippen molar-refractivity contribution in [2.45, 2.75) is 0 Å². The van der Waals surface area contributed by atoms with Gasteiger partial charge in [-0.3, -0.25) is 4.79 Å². The molecule has 2 N–H and O–H groups in total. The Morgan fingerprint density at radius 3 is 1.84 bits per heavy atom. The third-order valence-corrected chi connectivity index (χ3v) is 2.78. The number of hydrogen-bond acceptors (Lipinski definition) is 2. The minimum atomic E-state index is -0.411. The summed E-state index contributed by atoms with van der Waals surface area (Å²) in [6, 6.07) is 14.9. The number of rotatable bonds is 4. The molecule has 96 valence electrons. The van der Waals surface area contributed by atoms with Crippen LogP contribution >= 0.6 is 0 Å². The topological polar surface area (TPSA) is 52.3 Å². The minimum Gasteiger partial charge on any atom is -0.497 e. The molecule has 0 unspecified atom stereocenters. The van der Waals surface area contributed by atoms with E-state index in [4.69, 9.17) is 10.5 Å². The molecule has 3 heteroatoms. The Kier molecular flexibility index (Phi) is 3.98. The van der Waals surface area contributed by atoms with Crippen LogP contribution in [0.2, 0.25) is 0 Å². The summed E-state index contributed by atoms with van der Waals surface area (Å²) in [4.78, 5) is 10.9. The van der Waals surface area contributed by atoms with Crippen LogP contribution in [0.4, 0.5) is 0 Å². The van der Waals surface area contributed by atoms with Crippen molar-refractivity contribution < 1.29 is 9.53 Å². The zero-order chi connectivity index (χ0) is 13.7. The first-order chi connectivity index (χ1) is 9.19. The fourth-order valence-electron chi connectivity index (χ4n) is 1.67. The summed E-state index contributed by atoms with van der Waals surface area (Å²) >= 11 is 0. The molecule has 2 rings (SSSR count). The van der Waals surface area contributed by atoms with Crippen LogP contribution in [0.1, 0.15) is 21.5 Å². The van der Waals surface area contributed by atoms with Crippen molar-refractivity contribution in [3.63, 3.8) is 0 Å². The quantitative estimate of drug-likeness (QED) is 0.852. The molecule has 0 aliphatic rings. The molecule has 0 aliphatic carbocycles. The van der Waals surface area contributed by atoms with E-state index in [1.807, 2.05) is 48.6 Å². The molecule has 0 heterocycles. The van der Waals surface area contributed by atoms with Gasteiger partial charge in [0.25, 0.3) is 0 Å². The molecule has 19 heavy (non-hydrogen) atoms. The predicted octanol–water partition coefficient (Wildman–Crippen LogP) is 2.96. The molecule has 0 aromatic heterocycles. The Morgan fingerprint density at radius 1 is 0.947 bits per heavy atom. The molecule has 0 aliphatic heterocycles. The number of carbonyl (C=O) groups is 1. The normalized spacial score (nSPS) is 10.6. The predicted molar refractivity (Wildman–Crippen MR) is 76.9 cm³/mol. The molecule has 1 amide bonds. The summed E-state index contributed by atoms with van der Waals surface area (Å²) in [5, 5.41) is 0. The van der Waals surface area contributed by atoms with Gasteiger partial charge in [0.1, 0.15) is 5.75 Å². The Labute approximate surface area is 112 Å². The fourth-order valence-corrected chi connectivity index (χ4v) is 1.67. The van der Waals surface area contributed by atoms with E-state index >= 15 is 0 Å². The first-order valence-electron chi connectivity index (χ1n) is 5.91. The monoisotopic (exact) mass is 253 g/mol. The van der Waals surface area contributed by atoms with Crippen molar-refractivity contribution >= 4 is 18.1 Å². The number of hydrogen-bond donors (Lipinski definition) is 1. The second-order valence-corrected chi connectivity index (χ2v) is 4.09. The van der Waals surface area contributed by atoms with Gasteiger partial charge in [-0.15, -0.1) is 0 Å². The van der Waals surface area contributed by atoms with Gasteiger partial charge in [0.05, 0.1) is 7.11 Å². The SMILES string of the molecule is COc1ccc(C=Cc2ccc(C(N)=O)cc2)cc1. The maximum atomic E-state index is 10.9. The maximum Gasteiger partial charge on any atom is 0.248 e. The van der Waals surface area contributed by atoms with Crippen LogP contribution in [0.15, 0.2) is 48.5 Å². The second-order valence-electron chi connectivity index (χ2n) is 4.09. The number of nitrogens with two attached hydrogens (primary N) is 1. The molecule has 0 atom stereocenters. The lowest BCUT2D eigenvalue weighted by Gasteiger charge is -1.99. The largest absolute Gasteiger partial charge is 0.497 e. The van der Waals surface area contributed by atoms with Crippen molar-refractivity contribution in [1.29, 1.82) is 0 Å². The van der Waals surface area contributed by atoms with Crippen molar-refractivity contribution in [3.05, 3.63) is 65.2 Å². The van der Waals surface area contributed by atoms with E-state index < -0.39 is 5.91 Å². The number of methoxy groups -OCH3 is 1. The van der Waals surface area contributed by atoms with Gasteiger partial charge in [0, 0.05) is 5.56 Å². The van der Waals surface area contributed by atoms with E-state index in [0.29, 0.717) is 5.56 Å². The number of ether oxygens (including phenoxy) is 1. The summed E-state index contributed by atoms with van der Waals surface area (Å²) in [5.41, 5.74) is 7.80. The van der Waals surface area contributed by atoms with Gasteiger partial charge in [0.2, 0.25) is 5.91 Å². The van der Waals surface area contributed by atoms with Crippen molar-refractivity contribution in [3.8, 4) is 5.75 Å². The standard InChI is InChI=1S/C16H15NO2/c1-19-15-10-6-13(7-11-15)3-2-12-4-8-14(9-5-12)16(17)18/h2-11H,1H3,(H2,17,18). The molecule has 2 aromatic carbocycles. The first kappa shape index (κ1) is 12.9. The highest BCUT2D eigenvalue weighted by atomic mass is 16.5. The Hall–Kier alpha value is -2.55. The van der Waals surface area contributed by atoms with Gasteiger partial charge < -0.3 is 10.5 Å². The average Bonchev–Trinajstić information content (AvgIpc) is 2.46. The first-order valence-corrected chi connectivity index (χ1v) is 5.91. The van der Waals surface area contributed by atoms with E-state index in [1.54, 1.807) is 19.2 Å². The third kappa shape index (κ3) is 3.45. The third-order valence-electron chi connectivity index (χ3n) is 2.78. The van der Waals surface area contributed by atoms with E-state index in [2.05, 4.69) is 0 Å². The van der Waals surface area contributed by atoms with Gasteiger partial charge in [-0.2, -0.15) is 0 Å². The average molecular weight is 253 g/mol. The molecule has 0 saturated carbocycles. The molecule has 0 saturated heterocycles. The summed E-state index contributed by atoms with van der Waals surface area (Å²) in [6.45, 7) is 0. The van der Waals surface area contributed by atoms with E-state index in [1.165, 1.54) is 0 Å². The molecule has 0 spiro atoms. The smallest absolute Gasteiger partial charge is 0.248 e. The molecular weight excluding hydrogens is 238 g/mol. The van der Waals surface area contributed by atoms with E-state index in [9.17, 15) is 4.79 Å². The second kappa shape index (κ2) is 5.87. The lowest BCUT2D eigenvalue weighted by molar-refractivity contribution is 0.100. The lowest BCUT2D eigenvalue weighted by Crippen LogP contribution is -2.10. The number of carbonyl (C=O) groups excluding carboxylic acids is 1. The summed E-state index contributed by atoms with van der Waals surface area (Å²) in [5.74, 6) is 0.425. The zero-order valence-corrected chi connectivity index (χ0v) is 10.7. The Balaban J connectivity index is 2.10. The molecule has 0 fully saturated rings. The van der Waals surface area contributed by atoms with Crippen LogP contribution in [0.3, 0.4) is 0 Å². The molecular formula is C16H15NO2. The van der Waals surface area contributed by atoms with Crippen LogP contribution in [0, 0.1) is 0 Å². The number of primary amides is 1. The Bertz CT molecular complexity index is 583. The zero-order valence-electron chi connectivity index (χ0n) is 10.7. The highest BCUT2D eigenvalue weighted by Gasteiger charge is 1.97. The van der Waals surface area contributed by atoms with Gasteiger partial charge in [-0.05, 0) is 35.4 Å². The molecule has 2 aromatic rings. The highest BCUT2D eigenvalue weighted by Crippen LogP contribution is 2.14. The van der Waals surface area contributed by atoms with Gasteiger partial charge in [0.15, 0.2) is 0 Å². The van der Waals surface area contributed by atoms with Crippen molar-refractivity contribution in [2.24, 2.45) is 5.73 Å². The molecule has 0 radical (unpaired) electrons. The van der Waals surface area contributed by atoms with E-state index in [-0.39, 0.29) is 0 Å². The van der Waals surface area contributed by atoms with Crippen LogP contribution in [-0.4, -0.2) is 13.0 Å². The summed E-state index contributed by atoms with van der Waals surface area (Å²) in [7, 11) is 1.64. The number of benzene rings is 2. The highest BCUT2D eigenvalue weighted by molar-refractivity contribution is 5.93. The van der Waals surface area contributed by atoms with Crippen LogP contribution in [-0.2, 0) is 0 Å².